The molecule has 3 heterocycles. The van der Waals surface area contributed by atoms with Crippen molar-refractivity contribution in [2.45, 2.75) is 19.8 Å². The Labute approximate surface area is 117 Å². The van der Waals surface area contributed by atoms with E-state index in [4.69, 9.17) is 4.74 Å². The zero-order valence-corrected chi connectivity index (χ0v) is 11.6. The van der Waals surface area contributed by atoms with Crippen molar-refractivity contribution in [3.8, 4) is 5.75 Å². The number of aryl methyl sites for hydroxylation is 3. The molecule has 5 nitrogen and oxygen atoms in total. The van der Waals surface area contributed by atoms with E-state index in [0.717, 1.165) is 46.8 Å². The average Bonchev–Trinajstić information content (AvgIpc) is 2.87. The Bertz CT molecular complexity index is 736. The fraction of sp³-hybridized carbons (Fsp3) is 0.267. The summed E-state index contributed by atoms with van der Waals surface area (Å²) in [5, 5.41) is 0. The minimum atomic E-state index is 0.768. The van der Waals surface area contributed by atoms with Crippen LogP contribution in [0.1, 0.15) is 17.1 Å². The van der Waals surface area contributed by atoms with E-state index in [-0.39, 0.29) is 0 Å². The second-order valence-electron chi connectivity index (χ2n) is 4.75. The van der Waals surface area contributed by atoms with Gasteiger partial charge in [-0.05, 0) is 31.0 Å². The van der Waals surface area contributed by atoms with E-state index in [1.165, 1.54) is 0 Å². The lowest BCUT2D eigenvalue weighted by Gasteiger charge is -2.02. The number of rotatable bonds is 4. The number of H-pyrrole nitrogens is 1. The maximum atomic E-state index is 5.19. The summed E-state index contributed by atoms with van der Waals surface area (Å²) in [5.41, 5.74) is 3.87. The standard InChI is InChI=1S/C15H16N4O/c1-10-7-13-15(17-9-10)19-14(18-13)4-3-11-8-12(20-2)5-6-16-11/h5-9H,3-4H2,1-2H3,(H,17,18,19). The van der Waals surface area contributed by atoms with Crippen LogP contribution in [0.3, 0.4) is 0 Å². The Kier molecular flexibility index (Phi) is 3.33. The van der Waals surface area contributed by atoms with Gasteiger partial charge in [-0.25, -0.2) is 9.97 Å². The van der Waals surface area contributed by atoms with Gasteiger partial charge in [0.2, 0.25) is 0 Å². The molecular weight excluding hydrogens is 252 g/mol. The highest BCUT2D eigenvalue weighted by atomic mass is 16.5. The number of aromatic amines is 1. The molecule has 0 atom stereocenters. The van der Waals surface area contributed by atoms with Crippen LogP contribution in [0.2, 0.25) is 0 Å². The highest BCUT2D eigenvalue weighted by molar-refractivity contribution is 5.70. The molecule has 20 heavy (non-hydrogen) atoms. The summed E-state index contributed by atoms with van der Waals surface area (Å²) in [6, 6.07) is 5.85. The number of methoxy groups -OCH3 is 1. The van der Waals surface area contributed by atoms with Crippen LogP contribution in [-0.4, -0.2) is 27.0 Å². The van der Waals surface area contributed by atoms with E-state index < -0.39 is 0 Å². The maximum absolute atomic E-state index is 5.19. The van der Waals surface area contributed by atoms with Gasteiger partial charge < -0.3 is 9.72 Å². The third-order valence-corrected chi connectivity index (χ3v) is 3.16. The normalized spacial score (nSPS) is 10.9. The summed E-state index contributed by atoms with van der Waals surface area (Å²) in [6.07, 6.45) is 5.21. The van der Waals surface area contributed by atoms with E-state index >= 15 is 0 Å². The number of aromatic nitrogens is 4. The fourth-order valence-electron chi connectivity index (χ4n) is 2.14. The summed E-state index contributed by atoms with van der Waals surface area (Å²) in [6.45, 7) is 2.02. The van der Waals surface area contributed by atoms with Gasteiger partial charge in [0.1, 0.15) is 11.6 Å². The van der Waals surface area contributed by atoms with Gasteiger partial charge in [0.15, 0.2) is 5.65 Å². The molecule has 102 valence electrons. The molecule has 0 radical (unpaired) electrons. The van der Waals surface area contributed by atoms with Crippen molar-refractivity contribution >= 4 is 11.2 Å². The molecule has 0 aliphatic carbocycles. The number of nitrogens with zero attached hydrogens (tertiary/aromatic N) is 3. The Morgan fingerprint density at radius 3 is 2.95 bits per heavy atom. The summed E-state index contributed by atoms with van der Waals surface area (Å²) >= 11 is 0. The monoisotopic (exact) mass is 268 g/mol. The first-order valence-corrected chi connectivity index (χ1v) is 6.55. The van der Waals surface area contributed by atoms with Gasteiger partial charge in [-0.2, -0.15) is 0 Å². The maximum Gasteiger partial charge on any atom is 0.177 e. The van der Waals surface area contributed by atoms with Gasteiger partial charge in [-0.1, -0.05) is 0 Å². The topological polar surface area (TPSA) is 63.7 Å². The first kappa shape index (κ1) is 12.6. The van der Waals surface area contributed by atoms with Crippen molar-refractivity contribution in [1.82, 2.24) is 19.9 Å². The van der Waals surface area contributed by atoms with E-state index in [1.54, 1.807) is 13.3 Å². The van der Waals surface area contributed by atoms with Crippen molar-refractivity contribution < 1.29 is 4.74 Å². The van der Waals surface area contributed by atoms with Crippen LogP contribution in [0.4, 0.5) is 0 Å². The summed E-state index contributed by atoms with van der Waals surface area (Å²) in [7, 11) is 1.66. The molecule has 0 unspecified atom stereocenters. The van der Waals surface area contributed by atoms with Gasteiger partial charge in [0.25, 0.3) is 0 Å². The molecule has 0 aliphatic heterocycles. The molecule has 5 heteroatoms. The molecule has 0 spiro atoms. The minimum absolute atomic E-state index is 0.768. The number of nitrogens with one attached hydrogen (secondary N) is 1. The molecule has 3 aromatic rings. The number of hydrogen-bond donors (Lipinski definition) is 1. The van der Waals surface area contributed by atoms with Crippen molar-refractivity contribution in [2.75, 3.05) is 7.11 Å². The molecule has 0 fully saturated rings. The van der Waals surface area contributed by atoms with E-state index in [0.29, 0.717) is 0 Å². The first-order chi connectivity index (χ1) is 9.74. The second-order valence-corrected chi connectivity index (χ2v) is 4.75. The van der Waals surface area contributed by atoms with Crippen LogP contribution in [-0.2, 0) is 12.8 Å². The number of ether oxygens (including phenoxy) is 1. The predicted molar refractivity (Wildman–Crippen MR) is 76.8 cm³/mol. The number of hydrogen-bond acceptors (Lipinski definition) is 4. The minimum Gasteiger partial charge on any atom is -0.497 e. The van der Waals surface area contributed by atoms with Crippen molar-refractivity contribution in [3.05, 3.63) is 47.7 Å². The Morgan fingerprint density at radius 1 is 1.20 bits per heavy atom. The average molecular weight is 268 g/mol. The Morgan fingerprint density at radius 2 is 2.10 bits per heavy atom. The smallest absolute Gasteiger partial charge is 0.177 e. The van der Waals surface area contributed by atoms with Gasteiger partial charge in [-0.3, -0.25) is 4.98 Å². The number of pyridine rings is 2. The van der Waals surface area contributed by atoms with Crippen LogP contribution >= 0.6 is 0 Å². The SMILES string of the molecule is COc1ccnc(CCc2nc3ncc(C)cc3[nH]2)c1. The fourth-order valence-corrected chi connectivity index (χ4v) is 2.14. The molecule has 0 bridgehead atoms. The van der Waals surface area contributed by atoms with Crippen molar-refractivity contribution in [1.29, 1.82) is 0 Å². The van der Waals surface area contributed by atoms with Crippen LogP contribution in [0.15, 0.2) is 30.6 Å². The van der Waals surface area contributed by atoms with E-state index in [1.807, 2.05) is 25.3 Å². The molecule has 0 amide bonds. The predicted octanol–water partition coefficient (Wildman–Crippen LogP) is 2.46. The van der Waals surface area contributed by atoms with Crippen LogP contribution in [0.25, 0.3) is 11.2 Å². The lowest BCUT2D eigenvalue weighted by atomic mass is 10.2. The number of fused-ring (bicyclic) bond motifs is 1. The third kappa shape index (κ3) is 2.61. The lowest BCUT2D eigenvalue weighted by molar-refractivity contribution is 0.413. The molecule has 3 rings (SSSR count). The van der Waals surface area contributed by atoms with E-state index in [2.05, 4.69) is 26.0 Å². The molecule has 1 N–H and O–H groups in total. The zero-order valence-electron chi connectivity index (χ0n) is 11.6. The largest absolute Gasteiger partial charge is 0.497 e. The molecular formula is C15H16N4O. The first-order valence-electron chi connectivity index (χ1n) is 6.55. The van der Waals surface area contributed by atoms with Crippen LogP contribution in [0, 0.1) is 6.92 Å². The molecule has 0 saturated carbocycles. The molecule has 3 aromatic heterocycles. The number of imidazole rings is 1. The molecule has 0 aromatic carbocycles. The third-order valence-electron chi connectivity index (χ3n) is 3.16. The van der Waals surface area contributed by atoms with Gasteiger partial charge in [0, 0.05) is 30.6 Å². The zero-order chi connectivity index (χ0) is 13.9. The van der Waals surface area contributed by atoms with Gasteiger partial charge in [-0.15, -0.1) is 0 Å². The molecule has 0 saturated heterocycles. The van der Waals surface area contributed by atoms with Gasteiger partial charge in [0.05, 0.1) is 12.6 Å². The summed E-state index contributed by atoms with van der Waals surface area (Å²) in [4.78, 5) is 16.4. The molecule has 0 aliphatic rings. The van der Waals surface area contributed by atoms with Crippen LogP contribution in [0.5, 0.6) is 5.75 Å². The highest BCUT2D eigenvalue weighted by Crippen LogP contribution is 2.14. The Balaban J connectivity index is 1.76. The summed E-state index contributed by atoms with van der Waals surface area (Å²) in [5.74, 6) is 1.76. The van der Waals surface area contributed by atoms with Crippen LogP contribution < -0.4 is 4.74 Å². The quantitative estimate of drug-likeness (QED) is 0.789. The van der Waals surface area contributed by atoms with Gasteiger partial charge >= 0.3 is 0 Å². The highest BCUT2D eigenvalue weighted by Gasteiger charge is 2.05. The summed E-state index contributed by atoms with van der Waals surface area (Å²) < 4.78 is 5.19. The second kappa shape index (κ2) is 5.28. The lowest BCUT2D eigenvalue weighted by Crippen LogP contribution is -1.96. The van der Waals surface area contributed by atoms with E-state index in [9.17, 15) is 0 Å². The Hall–Kier alpha value is -2.43. The van der Waals surface area contributed by atoms with Crippen molar-refractivity contribution in [2.24, 2.45) is 0 Å². The van der Waals surface area contributed by atoms with Crippen molar-refractivity contribution in [3.63, 3.8) is 0 Å².